The van der Waals surface area contributed by atoms with Crippen molar-refractivity contribution in [1.82, 2.24) is 14.7 Å². The van der Waals surface area contributed by atoms with E-state index in [0.29, 0.717) is 23.0 Å². The third-order valence-electron chi connectivity index (χ3n) is 4.45. The Kier molecular flexibility index (Phi) is 5.16. The van der Waals surface area contributed by atoms with Crippen molar-refractivity contribution in [1.29, 1.82) is 0 Å². The predicted octanol–water partition coefficient (Wildman–Crippen LogP) is 3.29. The summed E-state index contributed by atoms with van der Waals surface area (Å²) < 4.78 is 1.39. The van der Waals surface area contributed by atoms with Crippen molar-refractivity contribution in [3.8, 4) is 0 Å². The standard InChI is InChI=1S/C21H23N3O2/c1-15(2)24-20(25)18-12-8-7-11-17(18)19(22-24)21(26)23(3)14-13-16-9-5-4-6-10-16/h4-12,15H,13-14H2,1-3H3. The van der Waals surface area contributed by atoms with Crippen LogP contribution in [0.25, 0.3) is 10.8 Å². The maximum atomic E-state index is 13.0. The smallest absolute Gasteiger partial charge is 0.274 e. The van der Waals surface area contributed by atoms with E-state index in [1.807, 2.05) is 56.3 Å². The fourth-order valence-electron chi connectivity index (χ4n) is 2.94. The summed E-state index contributed by atoms with van der Waals surface area (Å²) in [6.07, 6.45) is 0.769. The molecule has 0 unspecified atom stereocenters. The Morgan fingerprint density at radius 1 is 1.04 bits per heavy atom. The van der Waals surface area contributed by atoms with E-state index in [4.69, 9.17) is 0 Å². The first-order chi connectivity index (χ1) is 12.5. The summed E-state index contributed by atoms with van der Waals surface area (Å²) in [5, 5.41) is 5.52. The SMILES string of the molecule is CC(C)n1nc(C(=O)N(C)CCc2ccccc2)c2ccccc2c1=O. The van der Waals surface area contributed by atoms with Gasteiger partial charge < -0.3 is 4.90 Å². The summed E-state index contributed by atoms with van der Waals surface area (Å²) in [7, 11) is 1.77. The Morgan fingerprint density at radius 3 is 2.31 bits per heavy atom. The molecule has 0 saturated carbocycles. The Hall–Kier alpha value is -2.95. The van der Waals surface area contributed by atoms with Gasteiger partial charge in [-0.3, -0.25) is 9.59 Å². The molecule has 26 heavy (non-hydrogen) atoms. The van der Waals surface area contributed by atoms with Crippen molar-refractivity contribution in [2.24, 2.45) is 0 Å². The van der Waals surface area contributed by atoms with Crippen LogP contribution in [-0.4, -0.2) is 34.2 Å². The fraction of sp³-hybridized carbons (Fsp3) is 0.286. The van der Waals surface area contributed by atoms with Gasteiger partial charge in [0.1, 0.15) is 0 Å². The van der Waals surface area contributed by atoms with Crippen LogP contribution in [0.3, 0.4) is 0 Å². The van der Waals surface area contributed by atoms with Crippen molar-refractivity contribution < 1.29 is 4.79 Å². The highest BCUT2D eigenvalue weighted by molar-refractivity contribution is 6.04. The largest absolute Gasteiger partial charge is 0.340 e. The number of carbonyl (C=O) groups is 1. The lowest BCUT2D eigenvalue weighted by atomic mass is 10.1. The van der Waals surface area contributed by atoms with Crippen molar-refractivity contribution >= 4 is 16.7 Å². The molecular weight excluding hydrogens is 326 g/mol. The van der Waals surface area contributed by atoms with E-state index in [2.05, 4.69) is 5.10 Å². The molecule has 5 heteroatoms. The number of hydrogen-bond donors (Lipinski definition) is 0. The van der Waals surface area contributed by atoms with Crippen LogP contribution in [0.15, 0.2) is 59.4 Å². The first-order valence-electron chi connectivity index (χ1n) is 8.80. The molecule has 0 aliphatic heterocycles. The molecule has 0 aliphatic carbocycles. The lowest BCUT2D eigenvalue weighted by Gasteiger charge is -2.19. The van der Waals surface area contributed by atoms with Gasteiger partial charge in [0.15, 0.2) is 5.69 Å². The summed E-state index contributed by atoms with van der Waals surface area (Å²) in [5.41, 5.74) is 1.33. The second-order valence-corrected chi connectivity index (χ2v) is 6.70. The van der Waals surface area contributed by atoms with Crippen LogP contribution in [0.4, 0.5) is 0 Å². The lowest BCUT2D eigenvalue weighted by molar-refractivity contribution is 0.0790. The molecule has 1 amide bonds. The number of benzene rings is 2. The molecule has 0 saturated heterocycles. The Morgan fingerprint density at radius 2 is 1.65 bits per heavy atom. The molecule has 2 aromatic carbocycles. The van der Waals surface area contributed by atoms with Gasteiger partial charge in [-0.1, -0.05) is 48.5 Å². The second kappa shape index (κ2) is 7.52. The summed E-state index contributed by atoms with van der Waals surface area (Å²) in [6.45, 7) is 4.35. The number of likely N-dealkylation sites (N-methyl/N-ethyl adjacent to an activating group) is 1. The number of hydrogen-bond acceptors (Lipinski definition) is 3. The monoisotopic (exact) mass is 349 g/mol. The molecule has 1 aromatic heterocycles. The highest BCUT2D eigenvalue weighted by atomic mass is 16.2. The number of nitrogens with zero attached hydrogens (tertiary/aromatic N) is 3. The molecule has 3 rings (SSSR count). The van der Waals surface area contributed by atoms with Gasteiger partial charge in [0, 0.05) is 19.0 Å². The summed E-state index contributed by atoms with van der Waals surface area (Å²) >= 11 is 0. The molecule has 0 N–H and O–H groups in total. The minimum absolute atomic E-state index is 0.117. The molecule has 3 aromatic rings. The highest BCUT2D eigenvalue weighted by Gasteiger charge is 2.20. The Labute approximate surface area is 152 Å². The minimum atomic E-state index is -0.175. The molecule has 0 aliphatic rings. The number of carbonyl (C=O) groups excluding carboxylic acids is 1. The second-order valence-electron chi connectivity index (χ2n) is 6.70. The van der Waals surface area contributed by atoms with E-state index in [9.17, 15) is 9.59 Å². The lowest BCUT2D eigenvalue weighted by Crippen LogP contribution is -2.33. The first-order valence-corrected chi connectivity index (χ1v) is 8.80. The molecule has 0 radical (unpaired) electrons. The third-order valence-corrected chi connectivity index (χ3v) is 4.45. The Balaban J connectivity index is 1.94. The van der Waals surface area contributed by atoms with Crippen molar-refractivity contribution in [2.45, 2.75) is 26.3 Å². The van der Waals surface area contributed by atoms with Gasteiger partial charge in [0.25, 0.3) is 11.5 Å². The number of amides is 1. The maximum Gasteiger partial charge on any atom is 0.274 e. The number of aromatic nitrogens is 2. The van der Waals surface area contributed by atoms with Crippen LogP contribution < -0.4 is 5.56 Å². The maximum absolute atomic E-state index is 13.0. The van der Waals surface area contributed by atoms with E-state index in [-0.39, 0.29) is 17.5 Å². The minimum Gasteiger partial charge on any atom is -0.340 e. The van der Waals surface area contributed by atoms with Gasteiger partial charge in [-0.25, -0.2) is 4.68 Å². The predicted molar refractivity (Wildman–Crippen MR) is 103 cm³/mol. The van der Waals surface area contributed by atoms with Crippen LogP contribution in [0.1, 0.15) is 35.9 Å². The molecule has 0 fully saturated rings. The van der Waals surface area contributed by atoms with Crippen LogP contribution in [0.2, 0.25) is 0 Å². The number of fused-ring (bicyclic) bond motifs is 1. The quantitative estimate of drug-likeness (QED) is 0.710. The van der Waals surface area contributed by atoms with Gasteiger partial charge in [0.2, 0.25) is 0 Å². The zero-order valence-electron chi connectivity index (χ0n) is 15.3. The van der Waals surface area contributed by atoms with Gasteiger partial charge in [0.05, 0.1) is 11.4 Å². The molecule has 0 bridgehead atoms. The van der Waals surface area contributed by atoms with E-state index < -0.39 is 0 Å². The third kappa shape index (κ3) is 3.52. The van der Waals surface area contributed by atoms with Crippen LogP contribution in [-0.2, 0) is 6.42 Å². The van der Waals surface area contributed by atoms with E-state index in [0.717, 1.165) is 6.42 Å². The highest BCUT2D eigenvalue weighted by Crippen LogP contribution is 2.16. The summed E-state index contributed by atoms with van der Waals surface area (Å²) in [6, 6.07) is 17.1. The molecule has 134 valence electrons. The molecule has 5 nitrogen and oxygen atoms in total. The van der Waals surface area contributed by atoms with Crippen LogP contribution >= 0.6 is 0 Å². The summed E-state index contributed by atoms with van der Waals surface area (Å²) in [4.78, 5) is 27.3. The van der Waals surface area contributed by atoms with Gasteiger partial charge >= 0.3 is 0 Å². The topological polar surface area (TPSA) is 55.2 Å². The van der Waals surface area contributed by atoms with Crippen LogP contribution in [0.5, 0.6) is 0 Å². The van der Waals surface area contributed by atoms with Crippen molar-refractivity contribution in [3.63, 3.8) is 0 Å². The molecule has 0 atom stereocenters. The zero-order chi connectivity index (χ0) is 18.7. The fourth-order valence-corrected chi connectivity index (χ4v) is 2.94. The number of rotatable bonds is 5. The average molecular weight is 349 g/mol. The van der Waals surface area contributed by atoms with Crippen molar-refractivity contribution in [3.05, 3.63) is 76.2 Å². The van der Waals surface area contributed by atoms with Crippen LogP contribution in [0, 0.1) is 0 Å². The van der Waals surface area contributed by atoms with Gasteiger partial charge in [-0.05, 0) is 31.9 Å². The van der Waals surface area contributed by atoms with Gasteiger partial charge in [-0.2, -0.15) is 5.10 Å². The van der Waals surface area contributed by atoms with Crippen molar-refractivity contribution in [2.75, 3.05) is 13.6 Å². The van der Waals surface area contributed by atoms with E-state index in [1.54, 1.807) is 24.1 Å². The van der Waals surface area contributed by atoms with Gasteiger partial charge in [-0.15, -0.1) is 0 Å². The normalized spacial score (nSPS) is 11.1. The molecular formula is C21H23N3O2. The average Bonchev–Trinajstić information content (AvgIpc) is 2.66. The molecule has 1 heterocycles. The summed E-state index contributed by atoms with van der Waals surface area (Å²) in [5.74, 6) is -0.175. The first kappa shape index (κ1) is 17.9. The zero-order valence-corrected chi connectivity index (χ0v) is 15.3. The Bertz CT molecular complexity index is 977. The molecule has 0 spiro atoms. The van der Waals surface area contributed by atoms with E-state index >= 15 is 0 Å². The van der Waals surface area contributed by atoms with E-state index in [1.165, 1.54) is 10.2 Å².